The first kappa shape index (κ1) is 19.5. The second-order valence-electron chi connectivity index (χ2n) is 6.54. The lowest BCUT2D eigenvalue weighted by atomic mass is 10.1. The maximum atomic E-state index is 13.7. The first-order valence-electron chi connectivity index (χ1n) is 8.46. The molecule has 1 aromatic heterocycles. The molecule has 0 atom stereocenters. The quantitative estimate of drug-likeness (QED) is 0.723. The highest BCUT2D eigenvalue weighted by Gasteiger charge is 2.31. The minimum atomic E-state index is -1.01. The number of carbonyl (C=O) groups excluding carboxylic acids is 2. The molecule has 2 amide bonds. The van der Waals surface area contributed by atoms with Crippen molar-refractivity contribution in [3.63, 3.8) is 0 Å². The minimum Gasteiger partial charge on any atom is -0.503 e. The molecule has 0 unspecified atom stereocenters. The average molecular weight is 392 g/mol. The van der Waals surface area contributed by atoms with E-state index in [2.05, 4.69) is 10.7 Å². The number of rotatable bonds is 4. The molecular weight excluding hydrogens is 374 g/mol. The van der Waals surface area contributed by atoms with Crippen molar-refractivity contribution in [1.82, 2.24) is 20.3 Å². The van der Waals surface area contributed by atoms with E-state index in [1.54, 1.807) is 13.8 Å². The predicted octanol–water partition coefficient (Wildman–Crippen LogP) is 1.09. The second kappa shape index (κ2) is 7.39. The lowest BCUT2D eigenvalue weighted by molar-refractivity contribution is 0.0461. The molecule has 0 aliphatic carbocycles. The van der Waals surface area contributed by atoms with Crippen molar-refractivity contribution in [2.75, 3.05) is 0 Å². The van der Waals surface area contributed by atoms with E-state index in [0.717, 1.165) is 12.3 Å². The topological polar surface area (TPSA) is 104 Å². The molecule has 28 heavy (non-hydrogen) atoms. The first-order valence-corrected chi connectivity index (χ1v) is 8.46. The summed E-state index contributed by atoms with van der Waals surface area (Å²) in [7, 11) is 0. The van der Waals surface area contributed by atoms with Crippen LogP contribution in [0, 0.1) is 11.6 Å². The Kier molecular flexibility index (Phi) is 5.14. The Morgan fingerprint density at radius 3 is 2.68 bits per heavy atom. The Hall–Kier alpha value is -3.27. The number of fused-ring (bicyclic) bond motifs is 1. The number of benzene rings is 1. The molecule has 8 nitrogen and oxygen atoms in total. The van der Waals surface area contributed by atoms with Gasteiger partial charge in [-0.25, -0.2) is 14.2 Å². The van der Waals surface area contributed by atoms with Crippen LogP contribution in [0.2, 0.25) is 0 Å². The predicted molar refractivity (Wildman–Crippen MR) is 94.3 cm³/mol. The molecular formula is C18H18F2N4O4. The van der Waals surface area contributed by atoms with Gasteiger partial charge in [-0.3, -0.25) is 19.4 Å². The molecule has 0 saturated carbocycles. The van der Waals surface area contributed by atoms with Gasteiger partial charge in [0.2, 0.25) is 5.43 Å². The number of hydrogen-bond acceptors (Lipinski definition) is 5. The van der Waals surface area contributed by atoms with E-state index < -0.39 is 40.2 Å². The largest absolute Gasteiger partial charge is 0.503 e. The highest BCUT2D eigenvalue weighted by atomic mass is 19.1. The number of hydrazine groups is 1. The fraction of sp³-hybridized carbons (Fsp3) is 0.278. The number of amides is 2. The van der Waals surface area contributed by atoms with Crippen molar-refractivity contribution in [3.05, 3.63) is 63.1 Å². The number of nitrogens with one attached hydrogen (secondary N) is 2. The van der Waals surface area contributed by atoms with Gasteiger partial charge < -0.3 is 15.0 Å². The van der Waals surface area contributed by atoms with Crippen LogP contribution in [0.25, 0.3) is 0 Å². The number of hydrogen-bond donors (Lipinski definition) is 3. The fourth-order valence-electron chi connectivity index (χ4n) is 2.85. The Labute approximate surface area is 158 Å². The monoisotopic (exact) mass is 392 g/mol. The average Bonchev–Trinajstić information content (AvgIpc) is 2.63. The molecule has 1 aliphatic rings. The van der Waals surface area contributed by atoms with Gasteiger partial charge in [-0.15, -0.1) is 0 Å². The molecule has 0 spiro atoms. The molecule has 0 saturated heterocycles. The highest BCUT2D eigenvalue weighted by Crippen LogP contribution is 2.20. The zero-order valence-corrected chi connectivity index (χ0v) is 15.1. The van der Waals surface area contributed by atoms with Crippen LogP contribution >= 0.6 is 0 Å². The second-order valence-corrected chi connectivity index (χ2v) is 6.54. The zero-order valence-electron chi connectivity index (χ0n) is 15.1. The summed E-state index contributed by atoms with van der Waals surface area (Å²) in [4.78, 5) is 37.2. The normalized spacial score (nSPS) is 13.6. The standard InChI is InChI=1S/C18H18F2N4O4/c1-9(2)24-18(28)14-16(26)15(25)12(7-23(14)8-22-24)17(27)21-6-10-3-4-11(19)5-13(10)20/h3-5,7,9,22,26H,6,8H2,1-2H3,(H,21,27). The van der Waals surface area contributed by atoms with Crippen LogP contribution in [0.1, 0.15) is 40.3 Å². The van der Waals surface area contributed by atoms with Gasteiger partial charge in [-0.05, 0) is 19.9 Å². The van der Waals surface area contributed by atoms with E-state index in [0.29, 0.717) is 6.07 Å². The maximum Gasteiger partial charge on any atom is 0.288 e. The van der Waals surface area contributed by atoms with E-state index in [4.69, 9.17) is 0 Å². The molecule has 1 aromatic carbocycles. The summed E-state index contributed by atoms with van der Waals surface area (Å²) >= 11 is 0. The van der Waals surface area contributed by atoms with Gasteiger partial charge in [0, 0.05) is 30.4 Å². The van der Waals surface area contributed by atoms with Crippen molar-refractivity contribution in [1.29, 1.82) is 0 Å². The summed E-state index contributed by atoms with van der Waals surface area (Å²) in [6.45, 7) is 3.28. The van der Waals surface area contributed by atoms with Crippen LogP contribution in [0.3, 0.4) is 0 Å². The van der Waals surface area contributed by atoms with Crippen LogP contribution in [0.15, 0.2) is 29.2 Å². The molecule has 1 aliphatic heterocycles. The summed E-state index contributed by atoms with van der Waals surface area (Å²) in [5, 5.41) is 13.8. The summed E-state index contributed by atoms with van der Waals surface area (Å²) in [6, 6.07) is 2.68. The smallest absolute Gasteiger partial charge is 0.288 e. The van der Waals surface area contributed by atoms with Gasteiger partial charge in [0.15, 0.2) is 11.4 Å². The summed E-state index contributed by atoms with van der Waals surface area (Å²) in [5.41, 5.74) is 1.21. The highest BCUT2D eigenvalue weighted by molar-refractivity contribution is 5.98. The number of aromatic nitrogens is 1. The van der Waals surface area contributed by atoms with Crippen molar-refractivity contribution >= 4 is 11.8 Å². The number of pyridine rings is 1. The van der Waals surface area contributed by atoms with Crippen LogP contribution < -0.4 is 16.2 Å². The van der Waals surface area contributed by atoms with Gasteiger partial charge in [-0.2, -0.15) is 0 Å². The Balaban J connectivity index is 1.87. The Morgan fingerprint density at radius 2 is 2.04 bits per heavy atom. The third-order valence-corrected chi connectivity index (χ3v) is 4.30. The molecule has 148 valence electrons. The lowest BCUT2D eigenvalue weighted by Crippen LogP contribution is -2.53. The van der Waals surface area contributed by atoms with Gasteiger partial charge in [0.25, 0.3) is 11.8 Å². The van der Waals surface area contributed by atoms with E-state index >= 15 is 0 Å². The molecule has 10 heteroatoms. The van der Waals surface area contributed by atoms with Crippen molar-refractivity contribution in [2.45, 2.75) is 33.1 Å². The zero-order chi connectivity index (χ0) is 20.6. The summed E-state index contributed by atoms with van der Waals surface area (Å²) in [6.07, 6.45) is 1.15. The Bertz CT molecular complexity index is 1020. The fourth-order valence-corrected chi connectivity index (χ4v) is 2.85. The van der Waals surface area contributed by atoms with Crippen LogP contribution in [-0.2, 0) is 13.2 Å². The SMILES string of the molecule is CC(C)N1NCn2cc(C(=O)NCc3ccc(F)cc3F)c(=O)c(O)c2C1=O. The van der Waals surface area contributed by atoms with Crippen LogP contribution in [0.5, 0.6) is 5.75 Å². The van der Waals surface area contributed by atoms with Gasteiger partial charge in [0.1, 0.15) is 17.2 Å². The van der Waals surface area contributed by atoms with Gasteiger partial charge in [0.05, 0.1) is 6.67 Å². The molecule has 3 N–H and O–H groups in total. The van der Waals surface area contributed by atoms with E-state index in [1.165, 1.54) is 15.6 Å². The third-order valence-electron chi connectivity index (χ3n) is 4.30. The van der Waals surface area contributed by atoms with Gasteiger partial charge in [-0.1, -0.05) is 6.07 Å². The van der Waals surface area contributed by atoms with Gasteiger partial charge >= 0.3 is 0 Å². The number of halogens is 2. The van der Waals surface area contributed by atoms with Crippen LogP contribution in [-0.4, -0.2) is 32.5 Å². The van der Waals surface area contributed by atoms with Crippen LogP contribution in [0.4, 0.5) is 8.78 Å². The molecule has 0 bridgehead atoms. The molecule has 2 aromatic rings. The van der Waals surface area contributed by atoms with E-state index in [9.17, 15) is 28.3 Å². The molecule has 2 heterocycles. The Morgan fingerprint density at radius 1 is 1.32 bits per heavy atom. The molecule has 3 rings (SSSR count). The van der Waals surface area contributed by atoms with Crippen molar-refractivity contribution in [2.24, 2.45) is 0 Å². The number of aromatic hydroxyl groups is 1. The summed E-state index contributed by atoms with van der Waals surface area (Å²) in [5.74, 6) is -3.89. The molecule has 0 radical (unpaired) electrons. The molecule has 0 fully saturated rings. The van der Waals surface area contributed by atoms with E-state index in [-0.39, 0.29) is 30.5 Å². The minimum absolute atomic E-state index is 0.0291. The van der Waals surface area contributed by atoms with Crippen molar-refractivity contribution < 1.29 is 23.5 Å². The number of carbonyl (C=O) groups is 2. The summed E-state index contributed by atoms with van der Waals surface area (Å²) < 4.78 is 27.9. The first-order chi connectivity index (χ1) is 13.2. The third kappa shape index (κ3) is 3.46. The lowest BCUT2D eigenvalue weighted by Gasteiger charge is -2.33. The van der Waals surface area contributed by atoms with E-state index in [1.807, 2.05) is 0 Å². The number of nitrogens with zero attached hydrogens (tertiary/aromatic N) is 2. The maximum absolute atomic E-state index is 13.7. The van der Waals surface area contributed by atoms with Crippen molar-refractivity contribution in [3.8, 4) is 5.75 Å².